The molecular weight excluding hydrogens is 261 g/mol. The number of aliphatic carboxylic acids is 1. The van der Waals surface area contributed by atoms with Gasteiger partial charge in [0, 0.05) is 12.6 Å². The van der Waals surface area contributed by atoms with Gasteiger partial charge < -0.3 is 10.0 Å². The van der Waals surface area contributed by atoms with Gasteiger partial charge in [0.25, 0.3) is 0 Å². The van der Waals surface area contributed by atoms with E-state index >= 15 is 0 Å². The smallest absolute Gasteiger partial charge is 0.323 e. The van der Waals surface area contributed by atoms with E-state index in [9.17, 15) is 14.0 Å². The van der Waals surface area contributed by atoms with Crippen molar-refractivity contribution in [1.82, 2.24) is 4.90 Å². The summed E-state index contributed by atoms with van der Waals surface area (Å²) < 4.78 is 13.0. The first kappa shape index (κ1) is 14.2. The topological polar surface area (TPSA) is 57.6 Å². The fourth-order valence-electron chi connectivity index (χ4n) is 1.89. The lowest BCUT2D eigenvalue weighted by Crippen LogP contribution is -2.36. The van der Waals surface area contributed by atoms with Gasteiger partial charge in [0.2, 0.25) is 5.91 Å². The Labute approximate surface area is 116 Å². The number of carbonyl (C=O) groups excluding carboxylic acids is 1. The molecule has 1 aromatic carbocycles. The normalized spacial score (nSPS) is 14.4. The Morgan fingerprint density at radius 1 is 1.40 bits per heavy atom. The van der Waals surface area contributed by atoms with Gasteiger partial charge in [0.1, 0.15) is 12.4 Å². The van der Waals surface area contributed by atoms with Crippen LogP contribution in [-0.2, 0) is 9.59 Å². The zero-order valence-corrected chi connectivity index (χ0v) is 11.0. The van der Waals surface area contributed by atoms with Crippen molar-refractivity contribution in [3.63, 3.8) is 0 Å². The molecule has 0 bridgehead atoms. The SMILES string of the molecule is O=C(O)CN(CC1CC1)C(=O)/C=C/c1cccc(F)c1. The number of carboxylic acids is 1. The summed E-state index contributed by atoms with van der Waals surface area (Å²) in [5, 5.41) is 8.82. The van der Waals surface area contributed by atoms with Crippen molar-refractivity contribution in [1.29, 1.82) is 0 Å². The Bertz CT molecular complexity index is 538. The molecule has 1 amide bonds. The third-order valence-electron chi connectivity index (χ3n) is 3.08. The second-order valence-electron chi connectivity index (χ2n) is 4.94. The second kappa shape index (κ2) is 6.32. The van der Waals surface area contributed by atoms with Crippen molar-refractivity contribution in [3.05, 3.63) is 41.7 Å². The Kier molecular flexibility index (Phi) is 4.50. The summed E-state index contributed by atoms with van der Waals surface area (Å²) in [5.41, 5.74) is 0.569. The molecule has 1 aliphatic rings. The van der Waals surface area contributed by atoms with E-state index < -0.39 is 5.97 Å². The van der Waals surface area contributed by atoms with Crippen LogP contribution in [0.1, 0.15) is 18.4 Å². The summed E-state index contributed by atoms with van der Waals surface area (Å²) in [6.07, 6.45) is 4.86. The molecule has 106 valence electrons. The van der Waals surface area contributed by atoms with Crippen molar-refractivity contribution in [3.8, 4) is 0 Å². The van der Waals surface area contributed by atoms with Gasteiger partial charge in [0.15, 0.2) is 0 Å². The van der Waals surface area contributed by atoms with Crippen LogP contribution in [0.4, 0.5) is 4.39 Å². The van der Waals surface area contributed by atoms with Crippen LogP contribution in [0.3, 0.4) is 0 Å². The molecule has 0 aliphatic heterocycles. The van der Waals surface area contributed by atoms with Gasteiger partial charge >= 0.3 is 5.97 Å². The van der Waals surface area contributed by atoms with E-state index in [2.05, 4.69) is 0 Å². The number of hydrogen-bond donors (Lipinski definition) is 1. The van der Waals surface area contributed by atoms with E-state index in [4.69, 9.17) is 5.11 Å². The van der Waals surface area contributed by atoms with Gasteiger partial charge in [-0.2, -0.15) is 0 Å². The van der Waals surface area contributed by atoms with Crippen LogP contribution in [0.25, 0.3) is 6.08 Å². The van der Waals surface area contributed by atoms with E-state index in [-0.39, 0.29) is 18.3 Å². The van der Waals surface area contributed by atoms with E-state index in [0.29, 0.717) is 18.0 Å². The van der Waals surface area contributed by atoms with E-state index in [1.807, 2.05) is 0 Å². The lowest BCUT2D eigenvalue weighted by atomic mass is 10.2. The first-order valence-electron chi connectivity index (χ1n) is 6.49. The molecule has 0 aromatic heterocycles. The number of carbonyl (C=O) groups is 2. The molecule has 1 fully saturated rings. The fraction of sp³-hybridized carbons (Fsp3) is 0.333. The highest BCUT2D eigenvalue weighted by Gasteiger charge is 2.26. The second-order valence-corrected chi connectivity index (χ2v) is 4.94. The molecule has 20 heavy (non-hydrogen) atoms. The zero-order chi connectivity index (χ0) is 14.5. The highest BCUT2D eigenvalue weighted by molar-refractivity contribution is 5.93. The zero-order valence-electron chi connectivity index (χ0n) is 11.0. The Morgan fingerprint density at radius 2 is 2.15 bits per heavy atom. The maximum atomic E-state index is 13.0. The van der Waals surface area contributed by atoms with Crippen molar-refractivity contribution in [2.24, 2.45) is 5.92 Å². The number of rotatable bonds is 6. The maximum absolute atomic E-state index is 13.0. The predicted molar refractivity (Wildman–Crippen MR) is 72.4 cm³/mol. The number of halogens is 1. The molecule has 1 aliphatic carbocycles. The molecular formula is C15H16FNO3. The van der Waals surface area contributed by atoms with Crippen molar-refractivity contribution < 1.29 is 19.1 Å². The van der Waals surface area contributed by atoms with E-state index in [1.54, 1.807) is 12.1 Å². The molecule has 4 nitrogen and oxygen atoms in total. The average Bonchev–Trinajstić information content (AvgIpc) is 3.19. The molecule has 0 heterocycles. The van der Waals surface area contributed by atoms with Gasteiger partial charge in [0.05, 0.1) is 0 Å². The average molecular weight is 277 g/mol. The number of carboxylic acid groups (broad SMARTS) is 1. The first-order valence-corrected chi connectivity index (χ1v) is 6.49. The molecule has 0 radical (unpaired) electrons. The minimum Gasteiger partial charge on any atom is -0.480 e. The van der Waals surface area contributed by atoms with Crippen LogP contribution in [0.5, 0.6) is 0 Å². The van der Waals surface area contributed by atoms with Crippen LogP contribution in [0.15, 0.2) is 30.3 Å². The molecule has 1 saturated carbocycles. The summed E-state index contributed by atoms with van der Waals surface area (Å²) in [5.74, 6) is -1.34. The standard InChI is InChI=1S/C15H16FNO3/c16-13-3-1-2-11(8-13)6-7-14(18)17(10-15(19)20)9-12-4-5-12/h1-3,6-8,12H,4-5,9-10H2,(H,19,20)/b7-6+. The van der Waals surface area contributed by atoms with Gasteiger partial charge in [-0.3, -0.25) is 9.59 Å². The first-order chi connectivity index (χ1) is 9.54. The Hall–Kier alpha value is -2.17. The van der Waals surface area contributed by atoms with Crippen molar-refractivity contribution in [2.45, 2.75) is 12.8 Å². The molecule has 2 rings (SSSR count). The summed E-state index contributed by atoms with van der Waals surface area (Å²) >= 11 is 0. The lowest BCUT2D eigenvalue weighted by molar-refractivity contribution is -0.142. The van der Waals surface area contributed by atoms with E-state index in [1.165, 1.54) is 29.2 Å². The van der Waals surface area contributed by atoms with Crippen LogP contribution in [-0.4, -0.2) is 35.0 Å². The van der Waals surface area contributed by atoms with Crippen LogP contribution >= 0.6 is 0 Å². The highest BCUT2D eigenvalue weighted by atomic mass is 19.1. The molecule has 5 heteroatoms. The van der Waals surface area contributed by atoms with Gasteiger partial charge in [-0.25, -0.2) is 4.39 Å². The Balaban J connectivity index is 2.00. The van der Waals surface area contributed by atoms with Gasteiger partial charge in [-0.05, 0) is 42.5 Å². The third-order valence-corrected chi connectivity index (χ3v) is 3.08. The lowest BCUT2D eigenvalue weighted by Gasteiger charge is -2.18. The quantitative estimate of drug-likeness (QED) is 0.811. The third kappa shape index (κ3) is 4.50. The fourth-order valence-corrected chi connectivity index (χ4v) is 1.89. The Morgan fingerprint density at radius 3 is 2.75 bits per heavy atom. The maximum Gasteiger partial charge on any atom is 0.323 e. The van der Waals surface area contributed by atoms with Gasteiger partial charge in [-0.1, -0.05) is 12.1 Å². The molecule has 0 spiro atoms. The number of nitrogens with zero attached hydrogens (tertiary/aromatic N) is 1. The monoisotopic (exact) mass is 277 g/mol. The van der Waals surface area contributed by atoms with Crippen molar-refractivity contribution in [2.75, 3.05) is 13.1 Å². The molecule has 0 saturated heterocycles. The molecule has 0 unspecified atom stereocenters. The molecule has 0 atom stereocenters. The largest absolute Gasteiger partial charge is 0.480 e. The predicted octanol–water partition coefficient (Wildman–Crippen LogP) is 2.16. The van der Waals surface area contributed by atoms with Crippen LogP contribution in [0, 0.1) is 11.7 Å². The number of benzene rings is 1. The highest BCUT2D eigenvalue weighted by Crippen LogP contribution is 2.29. The number of hydrogen-bond acceptors (Lipinski definition) is 2. The van der Waals surface area contributed by atoms with Gasteiger partial charge in [-0.15, -0.1) is 0 Å². The van der Waals surface area contributed by atoms with Crippen LogP contribution < -0.4 is 0 Å². The summed E-state index contributed by atoms with van der Waals surface area (Å²) in [6.45, 7) is 0.168. The van der Waals surface area contributed by atoms with E-state index in [0.717, 1.165) is 12.8 Å². The minimum atomic E-state index is -1.03. The summed E-state index contributed by atoms with van der Waals surface area (Å²) in [4.78, 5) is 24.1. The minimum absolute atomic E-state index is 0.303. The molecule has 1 aromatic rings. The summed E-state index contributed by atoms with van der Waals surface area (Å²) in [6, 6.07) is 5.86. The van der Waals surface area contributed by atoms with Crippen LogP contribution in [0.2, 0.25) is 0 Å². The molecule has 1 N–H and O–H groups in total. The summed E-state index contributed by atoms with van der Waals surface area (Å²) in [7, 11) is 0. The number of amides is 1. The van der Waals surface area contributed by atoms with Crippen molar-refractivity contribution >= 4 is 18.0 Å².